The summed E-state index contributed by atoms with van der Waals surface area (Å²) in [6.45, 7) is -0.409. The maximum Gasteiger partial charge on any atom is 0.352 e. The zero-order chi connectivity index (χ0) is 18.1. The minimum Gasteiger partial charge on any atom is -0.466 e. The number of imidazole rings is 1. The van der Waals surface area contributed by atoms with E-state index in [4.69, 9.17) is 16.3 Å². The standard InChI is InChI=1S/C15H13ClFN5O3/c1-21-7-18-13-12(21)14(20-15(24)22(13)2)25-6-11(23)19-10-4-3-8(17)5-9(10)16/h3-5,7H,6H2,1-2H3,(H,19,23). The fourth-order valence-electron chi connectivity index (χ4n) is 2.23. The van der Waals surface area contributed by atoms with Crippen LogP contribution in [-0.4, -0.2) is 31.6 Å². The molecule has 0 aliphatic heterocycles. The van der Waals surface area contributed by atoms with E-state index in [2.05, 4.69) is 15.3 Å². The molecular weight excluding hydrogens is 353 g/mol. The number of benzene rings is 1. The number of ether oxygens (including phenoxy) is 1. The highest BCUT2D eigenvalue weighted by Crippen LogP contribution is 2.23. The maximum atomic E-state index is 13.0. The highest BCUT2D eigenvalue weighted by Gasteiger charge is 2.16. The van der Waals surface area contributed by atoms with Gasteiger partial charge in [0, 0.05) is 14.1 Å². The molecular formula is C15H13ClFN5O3. The molecule has 0 unspecified atom stereocenters. The first-order valence-electron chi connectivity index (χ1n) is 7.12. The van der Waals surface area contributed by atoms with Crippen LogP contribution >= 0.6 is 11.6 Å². The molecule has 0 radical (unpaired) electrons. The van der Waals surface area contributed by atoms with E-state index in [1.54, 1.807) is 11.6 Å². The minimum absolute atomic E-state index is 0.00143. The molecule has 130 valence electrons. The van der Waals surface area contributed by atoms with Gasteiger partial charge in [-0.05, 0) is 18.2 Å². The lowest BCUT2D eigenvalue weighted by Crippen LogP contribution is -2.25. The summed E-state index contributed by atoms with van der Waals surface area (Å²) in [5, 5.41) is 2.56. The zero-order valence-electron chi connectivity index (χ0n) is 13.3. The van der Waals surface area contributed by atoms with E-state index < -0.39 is 24.0 Å². The molecule has 0 bridgehead atoms. The predicted molar refractivity (Wildman–Crippen MR) is 89.3 cm³/mol. The van der Waals surface area contributed by atoms with Gasteiger partial charge in [-0.15, -0.1) is 0 Å². The molecule has 25 heavy (non-hydrogen) atoms. The fourth-order valence-corrected chi connectivity index (χ4v) is 2.44. The lowest BCUT2D eigenvalue weighted by molar-refractivity contribution is -0.118. The number of rotatable bonds is 4. The Kier molecular flexibility index (Phi) is 4.41. The number of anilines is 1. The average molecular weight is 366 g/mol. The Morgan fingerprint density at radius 1 is 1.40 bits per heavy atom. The van der Waals surface area contributed by atoms with Gasteiger partial charge in [-0.1, -0.05) is 11.6 Å². The molecule has 3 aromatic rings. The van der Waals surface area contributed by atoms with Crippen molar-refractivity contribution < 1.29 is 13.9 Å². The van der Waals surface area contributed by atoms with Crippen molar-refractivity contribution in [2.45, 2.75) is 0 Å². The van der Waals surface area contributed by atoms with Crippen molar-refractivity contribution >= 4 is 34.4 Å². The summed E-state index contributed by atoms with van der Waals surface area (Å²) in [7, 11) is 3.25. The van der Waals surface area contributed by atoms with E-state index in [0.717, 1.165) is 6.07 Å². The number of aromatic nitrogens is 4. The molecule has 0 fully saturated rings. The Morgan fingerprint density at radius 3 is 2.88 bits per heavy atom. The zero-order valence-corrected chi connectivity index (χ0v) is 14.0. The molecule has 3 rings (SSSR count). The lowest BCUT2D eigenvalue weighted by Gasteiger charge is -2.10. The summed E-state index contributed by atoms with van der Waals surface area (Å²) in [4.78, 5) is 31.8. The van der Waals surface area contributed by atoms with Gasteiger partial charge in [0.05, 0.1) is 17.0 Å². The van der Waals surface area contributed by atoms with Gasteiger partial charge >= 0.3 is 5.69 Å². The van der Waals surface area contributed by atoms with Gasteiger partial charge in [0.25, 0.3) is 5.91 Å². The van der Waals surface area contributed by atoms with Crippen LogP contribution in [0.2, 0.25) is 5.02 Å². The van der Waals surface area contributed by atoms with Gasteiger partial charge < -0.3 is 14.6 Å². The van der Waals surface area contributed by atoms with E-state index >= 15 is 0 Å². The van der Waals surface area contributed by atoms with Crippen molar-refractivity contribution in [3.05, 3.63) is 45.9 Å². The van der Waals surface area contributed by atoms with E-state index in [9.17, 15) is 14.0 Å². The first kappa shape index (κ1) is 16.9. The molecule has 0 atom stereocenters. The van der Waals surface area contributed by atoms with Crippen molar-refractivity contribution in [2.24, 2.45) is 14.1 Å². The normalized spacial score (nSPS) is 10.9. The Morgan fingerprint density at radius 2 is 2.16 bits per heavy atom. The Hall–Kier alpha value is -2.94. The smallest absolute Gasteiger partial charge is 0.352 e. The topological polar surface area (TPSA) is 91.0 Å². The number of carbonyl (C=O) groups is 1. The van der Waals surface area contributed by atoms with Crippen molar-refractivity contribution in [1.29, 1.82) is 0 Å². The van der Waals surface area contributed by atoms with Crippen molar-refractivity contribution in [3.63, 3.8) is 0 Å². The fraction of sp³-hybridized carbons (Fsp3) is 0.200. The van der Waals surface area contributed by atoms with Crippen LogP contribution in [0.5, 0.6) is 5.88 Å². The third-order valence-corrected chi connectivity index (χ3v) is 3.78. The summed E-state index contributed by atoms with van der Waals surface area (Å²) >= 11 is 5.85. The molecule has 1 N–H and O–H groups in total. The van der Waals surface area contributed by atoms with Crippen LogP contribution in [0, 0.1) is 5.82 Å². The van der Waals surface area contributed by atoms with Crippen LogP contribution in [-0.2, 0) is 18.9 Å². The van der Waals surface area contributed by atoms with Gasteiger partial charge in [0.1, 0.15) is 11.3 Å². The van der Waals surface area contributed by atoms with Crippen LogP contribution < -0.4 is 15.7 Å². The second-order valence-corrected chi connectivity index (χ2v) is 5.65. The van der Waals surface area contributed by atoms with E-state index in [-0.39, 0.29) is 16.6 Å². The van der Waals surface area contributed by atoms with Crippen LogP contribution in [0.25, 0.3) is 11.2 Å². The Labute approximate surface area is 145 Å². The van der Waals surface area contributed by atoms with Crippen molar-refractivity contribution in [1.82, 2.24) is 19.1 Å². The number of carbonyl (C=O) groups excluding carboxylic acids is 1. The number of aryl methyl sites for hydroxylation is 2. The summed E-state index contributed by atoms with van der Waals surface area (Å²) in [6, 6.07) is 3.59. The summed E-state index contributed by atoms with van der Waals surface area (Å²) in [6.07, 6.45) is 1.51. The number of nitrogens with one attached hydrogen (secondary N) is 1. The quantitative estimate of drug-likeness (QED) is 0.756. The highest BCUT2D eigenvalue weighted by molar-refractivity contribution is 6.33. The van der Waals surface area contributed by atoms with Gasteiger partial charge in [-0.2, -0.15) is 4.98 Å². The second-order valence-electron chi connectivity index (χ2n) is 5.25. The van der Waals surface area contributed by atoms with E-state index in [1.807, 2.05) is 0 Å². The number of hydrogen-bond acceptors (Lipinski definition) is 5. The Balaban J connectivity index is 1.78. The molecule has 0 saturated heterocycles. The van der Waals surface area contributed by atoms with E-state index in [0.29, 0.717) is 11.2 Å². The molecule has 10 heteroatoms. The molecule has 2 heterocycles. The lowest BCUT2D eigenvalue weighted by atomic mass is 10.3. The summed E-state index contributed by atoms with van der Waals surface area (Å²) < 4.78 is 21.3. The number of amides is 1. The molecule has 0 aliphatic rings. The molecule has 1 aromatic carbocycles. The number of nitrogens with zero attached hydrogens (tertiary/aromatic N) is 4. The highest BCUT2D eigenvalue weighted by atomic mass is 35.5. The first-order chi connectivity index (χ1) is 11.9. The summed E-state index contributed by atoms with van der Waals surface area (Å²) in [5.41, 5.74) is 0.566. The Bertz CT molecular complexity index is 1030. The molecule has 0 saturated carbocycles. The van der Waals surface area contributed by atoms with Crippen molar-refractivity contribution in [2.75, 3.05) is 11.9 Å². The largest absolute Gasteiger partial charge is 0.466 e. The molecule has 8 nitrogen and oxygen atoms in total. The summed E-state index contributed by atoms with van der Waals surface area (Å²) in [5.74, 6) is -1.05. The van der Waals surface area contributed by atoms with E-state index in [1.165, 1.54) is 30.1 Å². The third-order valence-electron chi connectivity index (χ3n) is 3.47. The minimum atomic E-state index is -0.553. The second kappa shape index (κ2) is 6.52. The van der Waals surface area contributed by atoms with Crippen molar-refractivity contribution in [3.8, 4) is 5.88 Å². The van der Waals surface area contributed by atoms with Gasteiger partial charge in [0.2, 0.25) is 5.88 Å². The molecule has 0 spiro atoms. The monoisotopic (exact) mass is 365 g/mol. The SMILES string of the molecule is Cn1cnc2c1c(OCC(=O)Nc1ccc(F)cc1Cl)nc(=O)n2C. The van der Waals surface area contributed by atoms with Crippen LogP contribution in [0.1, 0.15) is 0 Å². The molecule has 0 aliphatic carbocycles. The van der Waals surface area contributed by atoms with Crippen LogP contribution in [0.4, 0.5) is 10.1 Å². The van der Waals surface area contributed by atoms with Gasteiger partial charge in [-0.25, -0.2) is 14.2 Å². The first-order valence-corrected chi connectivity index (χ1v) is 7.50. The van der Waals surface area contributed by atoms with Gasteiger partial charge in [0.15, 0.2) is 12.3 Å². The predicted octanol–water partition coefficient (Wildman–Crippen LogP) is 1.48. The number of fused-ring (bicyclic) bond motifs is 1. The van der Waals surface area contributed by atoms with Gasteiger partial charge in [-0.3, -0.25) is 9.36 Å². The molecule has 2 aromatic heterocycles. The number of halogens is 2. The van der Waals surface area contributed by atoms with Crippen LogP contribution in [0.3, 0.4) is 0 Å². The average Bonchev–Trinajstić information content (AvgIpc) is 2.94. The maximum absolute atomic E-state index is 13.0. The number of hydrogen-bond donors (Lipinski definition) is 1. The third kappa shape index (κ3) is 3.31. The molecule has 1 amide bonds. The van der Waals surface area contributed by atoms with Crippen LogP contribution in [0.15, 0.2) is 29.3 Å².